The number of hydrazine groups is 1. The average Bonchev–Trinajstić information content (AvgIpc) is 2.78. The summed E-state index contributed by atoms with van der Waals surface area (Å²) in [5.74, 6) is 4.84. The molecule has 90 valence electrons. The number of nitrogens with two attached hydrogens (primary N) is 1. The lowest BCUT2D eigenvalue weighted by Gasteiger charge is -2.09. The Hall–Kier alpha value is -1.67. The SMILES string of the molecule is CC(CC(=O)NN)Sc1ncnc2nc[nH]c12. The maximum absolute atomic E-state index is 11.1. The molecule has 0 bridgehead atoms. The molecule has 0 aliphatic heterocycles. The fourth-order valence-electron chi connectivity index (χ4n) is 1.38. The number of hydrogen-bond acceptors (Lipinski definition) is 6. The number of H-pyrrole nitrogens is 1. The molecule has 4 N–H and O–H groups in total. The molecule has 17 heavy (non-hydrogen) atoms. The molecule has 0 saturated heterocycles. The molecular weight excluding hydrogens is 240 g/mol. The number of carbonyl (C=O) groups is 1. The summed E-state index contributed by atoms with van der Waals surface area (Å²) in [6.45, 7) is 1.93. The van der Waals surface area contributed by atoms with Gasteiger partial charge in [-0.2, -0.15) is 0 Å². The van der Waals surface area contributed by atoms with Crippen molar-refractivity contribution in [3.8, 4) is 0 Å². The van der Waals surface area contributed by atoms with Gasteiger partial charge in [0.25, 0.3) is 0 Å². The molecule has 2 heterocycles. The van der Waals surface area contributed by atoms with Crippen molar-refractivity contribution in [3.63, 3.8) is 0 Å². The fourth-order valence-corrected chi connectivity index (χ4v) is 2.38. The second-order valence-electron chi connectivity index (χ2n) is 3.48. The molecule has 1 amide bonds. The third kappa shape index (κ3) is 2.71. The van der Waals surface area contributed by atoms with Crippen molar-refractivity contribution in [2.24, 2.45) is 5.84 Å². The molecule has 2 aromatic heterocycles. The lowest BCUT2D eigenvalue weighted by Crippen LogP contribution is -2.31. The zero-order valence-electron chi connectivity index (χ0n) is 9.17. The van der Waals surface area contributed by atoms with Crippen molar-refractivity contribution in [2.75, 3.05) is 0 Å². The van der Waals surface area contributed by atoms with Crippen LogP contribution in [0.15, 0.2) is 17.7 Å². The highest BCUT2D eigenvalue weighted by atomic mass is 32.2. The van der Waals surface area contributed by atoms with Gasteiger partial charge in [-0.3, -0.25) is 10.2 Å². The molecule has 0 radical (unpaired) electrons. The minimum atomic E-state index is -0.195. The van der Waals surface area contributed by atoms with E-state index in [9.17, 15) is 4.79 Å². The highest BCUT2D eigenvalue weighted by molar-refractivity contribution is 8.00. The van der Waals surface area contributed by atoms with Crippen LogP contribution in [0.5, 0.6) is 0 Å². The molecule has 2 rings (SSSR count). The number of thioether (sulfide) groups is 1. The normalized spacial score (nSPS) is 12.6. The van der Waals surface area contributed by atoms with Crippen LogP contribution in [-0.2, 0) is 4.79 Å². The lowest BCUT2D eigenvalue weighted by atomic mass is 10.3. The number of rotatable bonds is 4. The Morgan fingerprint density at radius 2 is 2.41 bits per heavy atom. The molecule has 8 heteroatoms. The Morgan fingerprint density at radius 1 is 1.59 bits per heavy atom. The van der Waals surface area contributed by atoms with Gasteiger partial charge < -0.3 is 4.98 Å². The first kappa shape index (κ1) is 11.8. The van der Waals surface area contributed by atoms with E-state index in [4.69, 9.17) is 5.84 Å². The summed E-state index contributed by atoms with van der Waals surface area (Å²) < 4.78 is 0. The van der Waals surface area contributed by atoms with E-state index in [1.165, 1.54) is 18.1 Å². The van der Waals surface area contributed by atoms with Crippen molar-refractivity contribution in [1.82, 2.24) is 25.4 Å². The molecule has 0 aromatic carbocycles. The topological polar surface area (TPSA) is 110 Å². The molecular formula is C9H12N6OS. The Balaban J connectivity index is 2.12. The van der Waals surface area contributed by atoms with Crippen molar-refractivity contribution < 1.29 is 4.79 Å². The average molecular weight is 252 g/mol. The van der Waals surface area contributed by atoms with E-state index in [1.807, 2.05) is 6.92 Å². The monoisotopic (exact) mass is 252 g/mol. The smallest absolute Gasteiger partial charge is 0.234 e. The Bertz CT molecular complexity index is 527. The Kier molecular flexibility index (Phi) is 3.55. The van der Waals surface area contributed by atoms with Crippen molar-refractivity contribution >= 4 is 28.8 Å². The number of amides is 1. The standard InChI is InChI=1S/C9H12N6OS/c1-5(2-6(16)15-10)17-9-7-8(12-3-11-7)13-4-14-9/h3-5H,2,10H2,1H3,(H,15,16)(H,11,12,13,14). The highest BCUT2D eigenvalue weighted by Crippen LogP contribution is 2.27. The van der Waals surface area contributed by atoms with E-state index in [-0.39, 0.29) is 11.2 Å². The molecule has 7 nitrogen and oxygen atoms in total. The third-order valence-corrected chi connectivity index (χ3v) is 3.24. The summed E-state index contributed by atoms with van der Waals surface area (Å²) >= 11 is 1.48. The summed E-state index contributed by atoms with van der Waals surface area (Å²) in [5, 5.41) is 0.852. The Labute approximate surface area is 102 Å². The van der Waals surface area contributed by atoms with Crippen LogP contribution in [0.3, 0.4) is 0 Å². The fraction of sp³-hybridized carbons (Fsp3) is 0.333. The first-order valence-electron chi connectivity index (χ1n) is 5.01. The van der Waals surface area contributed by atoms with E-state index in [2.05, 4.69) is 25.4 Å². The van der Waals surface area contributed by atoms with Crippen LogP contribution in [0.25, 0.3) is 11.2 Å². The maximum Gasteiger partial charge on any atom is 0.234 e. The van der Waals surface area contributed by atoms with Crippen molar-refractivity contribution in [2.45, 2.75) is 23.6 Å². The van der Waals surface area contributed by atoms with Crippen LogP contribution in [0.2, 0.25) is 0 Å². The second-order valence-corrected chi connectivity index (χ2v) is 4.91. The van der Waals surface area contributed by atoms with Gasteiger partial charge >= 0.3 is 0 Å². The van der Waals surface area contributed by atoms with Crippen LogP contribution < -0.4 is 11.3 Å². The zero-order chi connectivity index (χ0) is 12.3. The number of imidazole rings is 1. The van der Waals surface area contributed by atoms with Gasteiger partial charge in [0, 0.05) is 11.7 Å². The van der Waals surface area contributed by atoms with Crippen molar-refractivity contribution in [3.05, 3.63) is 12.7 Å². The van der Waals surface area contributed by atoms with Gasteiger partial charge in [0.05, 0.1) is 6.33 Å². The van der Waals surface area contributed by atoms with E-state index < -0.39 is 0 Å². The largest absolute Gasteiger partial charge is 0.341 e. The number of aromatic amines is 1. The van der Waals surface area contributed by atoms with Gasteiger partial charge in [-0.1, -0.05) is 6.92 Å². The number of nitrogens with zero attached hydrogens (tertiary/aromatic N) is 3. The molecule has 0 spiro atoms. The molecule has 2 aromatic rings. The summed E-state index contributed by atoms with van der Waals surface area (Å²) in [6, 6.07) is 0. The zero-order valence-corrected chi connectivity index (χ0v) is 9.99. The van der Waals surface area contributed by atoms with E-state index >= 15 is 0 Å². The number of aromatic nitrogens is 4. The Morgan fingerprint density at radius 3 is 3.18 bits per heavy atom. The van der Waals surface area contributed by atoms with Gasteiger partial charge in [0.15, 0.2) is 5.65 Å². The van der Waals surface area contributed by atoms with Gasteiger partial charge in [-0.05, 0) is 0 Å². The lowest BCUT2D eigenvalue weighted by molar-refractivity contribution is -0.121. The highest BCUT2D eigenvalue weighted by Gasteiger charge is 2.13. The summed E-state index contributed by atoms with van der Waals surface area (Å²) in [7, 11) is 0. The van der Waals surface area contributed by atoms with Crippen LogP contribution in [0, 0.1) is 0 Å². The van der Waals surface area contributed by atoms with Gasteiger partial charge in [-0.25, -0.2) is 20.8 Å². The summed E-state index contributed by atoms with van der Waals surface area (Å²) in [5.41, 5.74) is 3.52. The molecule has 0 fully saturated rings. The van der Waals surface area contributed by atoms with Crippen LogP contribution in [-0.4, -0.2) is 31.1 Å². The van der Waals surface area contributed by atoms with E-state index in [0.717, 1.165) is 10.5 Å². The maximum atomic E-state index is 11.1. The quantitative estimate of drug-likeness (QED) is 0.236. The summed E-state index contributed by atoms with van der Waals surface area (Å²) in [4.78, 5) is 26.3. The number of hydrogen-bond donors (Lipinski definition) is 3. The number of carbonyl (C=O) groups excluding carboxylic acids is 1. The molecule has 0 saturated carbocycles. The number of nitrogens with one attached hydrogen (secondary N) is 2. The van der Waals surface area contributed by atoms with Crippen LogP contribution in [0.1, 0.15) is 13.3 Å². The first-order valence-corrected chi connectivity index (χ1v) is 5.89. The predicted octanol–water partition coefficient (Wildman–Crippen LogP) is 0.213. The molecule has 1 atom stereocenters. The summed E-state index contributed by atoms with van der Waals surface area (Å²) in [6.07, 6.45) is 3.36. The van der Waals surface area contributed by atoms with Crippen molar-refractivity contribution in [1.29, 1.82) is 0 Å². The van der Waals surface area contributed by atoms with E-state index in [1.54, 1.807) is 6.33 Å². The van der Waals surface area contributed by atoms with Gasteiger partial charge in [0.1, 0.15) is 16.9 Å². The second kappa shape index (κ2) is 5.11. The third-order valence-electron chi connectivity index (χ3n) is 2.13. The van der Waals surface area contributed by atoms with Gasteiger partial charge in [-0.15, -0.1) is 11.8 Å². The first-order chi connectivity index (χ1) is 8.20. The molecule has 1 unspecified atom stereocenters. The van der Waals surface area contributed by atoms with E-state index in [0.29, 0.717) is 12.1 Å². The van der Waals surface area contributed by atoms with Gasteiger partial charge in [0.2, 0.25) is 5.91 Å². The number of fused-ring (bicyclic) bond motifs is 1. The minimum absolute atomic E-state index is 0.0694. The molecule has 0 aliphatic carbocycles. The van der Waals surface area contributed by atoms with Crippen LogP contribution >= 0.6 is 11.8 Å². The molecule has 0 aliphatic rings. The van der Waals surface area contributed by atoms with Crippen LogP contribution in [0.4, 0.5) is 0 Å². The minimum Gasteiger partial charge on any atom is -0.341 e. The predicted molar refractivity (Wildman–Crippen MR) is 63.9 cm³/mol.